The van der Waals surface area contributed by atoms with E-state index in [1.165, 1.54) is 24.0 Å². The van der Waals surface area contributed by atoms with Gasteiger partial charge in [-0.25, -0.2) is 17.8 Å². The van der Waals surface area contributed by atoms with Gasteiger partial charge < -0.3 is 4.74 Å². The molecule has 2 aliphatic heterocycles. The standard InChI is InChI=1S/C22H23FN4O3S2/c23-17-12-16-19(27-10-5-4-8-18(27)15-6-2-1-3-7-15)9-11-30-20(16)13-21(17)32(28,29)26-22-24-14-25-31-22/h1-3,6-7,12-14,18-19H,4-5,8-11H2,(H,24,25,26)/t18-,19-/m0/s1. The molecule has 0 aliphatic carbocycles. The zero-order chi connectivity index (χ0) is 22.1. The molecule has 2 aromatic carbocycles. The minimum absolute atomic E-state index is 0.0355. The predicted molar refractivity (Wildman–Crippen MR) is 120 cm³/mol. The molecular formula is C22H23FN4O3S2. The van der Waals surface area contributed by atoms with Gasteiger partial charge in [0.05, 0.1) is 6.61 Å². The molecule has 0 bridgehead atoms. The third kappa shape index (κ3) is 4.10. The molecule has 2 aliphatic rings. The Morgan fingerprint density at radius 2 is 1.97 bits per heavy atom. The normalized spacial score (nSPS) is 21.5. The fourth-order valence-corrected chi connectivity index (χ4v) is 6.41. The first-order valence-corrected chi connectivity index (χ1v) is 12.8. The summed E-state index contributed by atoms with van der Waals surface area (Å²) < 4.78 is 52.5. The highest BCUT2D eigenvalue weighted by Gasteiger charge is 2.36. The van der Waals surface area contributed by atoms with Gasteiger partial charge in [0.25, 0.3) is 10.0 Å². The molecule has 0 unspecified atom stereocenters. The minimum atomic E-state index is -4.15. The first kappa shape index (κ1) is 21.3. The van der Waals surface area contributed by atoms with Gasteiger partial charge in [-0.2, -0.15) is 4.37 Å². The lowest BCUT2D eigenvalue weighted by Crippen LogP contribution is -2.39. The van der Waals surface area contributed by atoms with Gasteiger partial charge in [0.1, 0.15) is 22.8 Å². The third-order valence-corrected chi connectivity index (χ3v) is 8.14. The Balaban J connectivity index is 1.49. The van der Waals surface area contributed by atoms with Crippen LogP contribution in [0.15, 0.2) is 53.7 Å². The average molecular weight is 475 g/mol. The number of benzene rings is 2. The summed E-state index contributed by atoms with van der Waals surface area (Å²) in [6, 6.07) is 13.2. The number of hydrogen-bond acceptors (Lipinski definition) is 7. The van der Waals surface area contributed by atoms with E-state index in [0.717, 1.165) is 43.8 Å². The third-order valence-electron chi connectivity index (χ3n) is 6.07. The number of anilines is 1. The molecule has 2 atom stereocenters. The lowest BCUT2D eigenvalue weighted by Gasteiger charge is -2.43. The van der Waals surface area contributed by atoms with Gasteiger partial charge in [-0.05, 0) is 31.0 Å². The Hall–Kier alpha value is -2.56. The molecule has 0 spiro atoms. The smallest absolute Gasteiger partial charge is 0.266 e. The number of fused-ring (bicyclic) bond motifs is 1. The molecule has 3 aromatic rings. The van der Waals surface area contributed by atoms with E-state index in [-0.39, 0.29) is 17.2 Å². The number of nitrogens with one attached hydrogen (secondary N) is 1. The average Bonchev–Trinajstić information content (AvgIpc) is 3.31. The molecule has 3 heterocycles. The van der Waals surface area contributed by atoms with Crippen LogP contribution in [0.5, 0.6) is 5.75 Å². The van der Waals surface area contributed by atoms with Crippen LogP contribution in [0.3, 0.4) is 0 Å². The van der Waals surface area contributed by atoms with Crippen molar-refractivity contribution in [1.82, 2.24) is 14.3 Å². The van der Waals surface area contributed by atoms with Crippen molar-refractivity contribution in [3.8, 4) is 5.75 Å². The molecule has 7 nitrogen and oxygen atoms in total. The lowest BCUT2D eigenvalue weighted by molar-refractivity contribution is 0.0665. The van der Waals surface area contributed by atoms with Crippen LogP contribution in [0.4, 0.5) is 9.52 Å². The largest absolute Gasteiger partial charge is 0.493 e. The van der Waals surface area contributed by atoms with Crippen LogP contribution in [-0.4, -0.2) is 35.8 Å². The van der Waals surface area contributed by atoms with E-state index in [9.17, 15) is 8.42 Å². The van der Waals surface area contributed by atoms with Crippen LogP contribution in [0.1, 0.15) is 48.9 Å². The van der Waals surface area contributed by atoms with Crippen molar-refractivity contribution in [3.05, 3.63) is 65.7 Å². The van der Waals surface area contributed by atoms with Crippen molar-refractivity contribution in [2.45, 2.75) is 42.7 Å². The number of halogens is 1. The van der Waals surface area contributed by atoms with Crippen LogP contribution in [0.25, 0.3) is 0 Å². The summed E-state index contributed by atoms with van der Waals surface area (Å²) in [6.45, 7) is 1.36. The quantitative estimate of drug-likeness (QED) is 0.585. The molecule has 1 saturated heterocycles. The molecule has 0 amide bonds. The Morgan fingerprint density at radius 3 is 2.75 bits per heavy atom. The van der Waals surface area contributed by atoms with Gasteiger partial charge in [-0.3, -0.25) is 9.62 Å². The first-order chi connectivity index (χ1) is 15.5. The van der Waals surface area contributed by atoms with Gasteiger partial charge in [0, 0.05) is 41.7 Å². The lowest BCUT2D eigenvalue weighted by atomic mass is 9.89. The number of hydrogen-bond donors (Lipinski definition) is 1. The van der Waals surface area contributed by atoms with Crippen molar-refractivity contribution >= 4 is 26.7 Å². The van der Waals surface area contributed by atoms with Crippen LogP contribution in [0, 0.1) is 5.82 Å². The van der Waals surface area contributed by atoms with Gasteiger partial charge in [-0.15, -0.1) is 0 Å². The molecule has 10 heteroatoms. The highest BCUT2D eigenvalue weighted by Crippen LogP contribution is 2.44. The van der Waals surface area contributed by atoms with Crippen molar-refractivity contribution in [1.29, 1.82) is 0 Å². The van der Waals surface area contributed by atoms with Crippen LogP contribution in [-0.2, 0) is 10.0 Å². The minimum Gasteiger partial charge on any atom is -0.493 e. The van der Waals surface area contributed by atoms with Gasteiger partial charge in [0.15, 0.2) is 0 Å². The molecule has 5 rings (SSSR count). The molecular weight excluding hydrogens is 451 g/mol. The number of ether oxygens (including phenoxy) is 1. The number of rotatable bonds is 5. The fourth-order valence-electron chi connectivity index (χ4n) is 4.67. The van der Waals surface area contributed by atoms with E-state index in [4.69, 9.17) is 4.74 Å². The Morgan fingerprint density at radius 1 is 1.12 bits per heavy atom. The summed E-state index contributed by atoms with van der Waals surface area (Å²) in [5, 5.41) is 0.0833. The molecule has 0 radical (unpaired) electrons. The maximum Gasteiger partial charge on any atom is 0.266 e. The van der Waals surface area contributed by atoms with E-state index in [1.807, 2.05) is 18.2 Å². The zero-order valence-electron chi connectivity index (χ0n) is 17.3. The molecule has 168 valence electrons. The van der Waals surface area contributed by atoms with E-state index in [0.29, 0.717) is 17.9 Å². The maximum atomic E-state index is 15.1. The van der Waals surface area contributed by atoms with Crippen molar-refractivity contribution in [2.24, 2.45) is 0 Å². The second-order valence-corrected chi connectivity index (χ2v) is 10.4. The Kier molecular flexibility index (Phi) is 5.83. The highest BCUT2D eigenvalue weighted by molar-refractivity contribution is 7.93. The molecule has 0 saturated carbocycles. The van der Waals surface area contributed by atoms with E-state index in [2.05, 4.69) is 31.1 Å². The molecule has 1 N–H and O–H groups in total. The van der Waals surface area contributed by atoms with Crippen molar-refractivity contribution in [3.63, 3.8) is 0 Å². The second kappa shape index (κ2) is 8.76. The van der Waals surface area contributed by atoms with Gasteiger partial charge in [0.2, 0.25) is 5.13 Å². The van der Waals surface area contributed by atoms with E-state index < -0.39 is 20.7 Å². The summed E-state index contributed by atoms with van der Waals surface area (Å²) in [5.41, 5.74) is 1.95. The van der Waals surface area contributed by atoms with Gasteiger partial charge >= 0.3 is 0 Å². The van der Waals surface area contributed by atoms with Crippen molar-refractivity contribution in [2.75, 3.05) is 17.9 Å². The zero-order valence-corrected chi connectivity index (χ0v) is 18.9. The van der Waals surface area contributed by atoms with E-state index in [1.54, 1.807) is 0 Å². The van der Waals surface area contributed by atoms with Crippen molar-refractivity contribution < 1.29 is 17.5 Å². The number of nitrogens with zero attached hydrogens (tertiary/aromatic N) is 3. The molecule has 1 fully saturated rings. The summed E-state index contributed by atoms with van der Waals surface area (Å²) in [7, 11) is -4.15. The topological polar surface area (TPSA) is 84.4 Å². The van der Waals surface area contributed by atoms with Crippen LogP contribution in [0.2, 0.25) is 0 Å². The number of sulfonamides is 1. The number of piperidine rings is 1. The Bertz CT molecular complexity index is 1190. The molecule has 32 heavy (non-hydrogen) atoms. The van der Waals surface area contributed by atoms with Gasteiger partial charge in [-0.1, -0.05) is 36.8 Å². The summed E-state index contributed by atoms with van der Waals surface area (Å²) in [4.78, 5) is 5.78. The van der Waals surface area contributed by atoms with Crippen LogP contribution < -0.4 is 9.46 Å². The second-order valence-electron chi connectivity index (χ2n) is 7.99. The maximum absolute atomic E-state index is 15.1. The summed E-state index contributed by atoms with van der Waals surface area (Å²) >= 11 is 0.885. The highest BCUT2D eigenvalue weighted by atomic mass is 32.2. The SMILES string of the molecule is O=S(=O)(Nc1ncns1)c1cc2c(cc1F)[C@@H](N1CCCC[C@H]1c1ccccc1)CCO2. The Labute approximate surface area is 190 Å². The number of likely N-dealkylation sites (tertiary alicyclic amines) is 1. The van der Waals surface area contributed by atoms with Crippen LogP contribution >= 0.6 is 11.5 Å². The first-order valence-electron chi connectivity index (χ1n) is 10.6. The summed E-state index contributed by atoms with van der Waals surface area (Å²) in [6.07, 6.45) is 5.23. The monoisotopic (exact) mass is 474 g/mol. The van der Waals surface area contributed by atoms with E-state index >= 15 is 4.39 Å². The summed E-state index contributed by atoms with van der Waals surface area (Å²) in [5.74, 6) is -0.387. The fraction of sp³-hybridized carbons (Fsp3) is 0.364. The predicted octanol–water partition coefficient (Wildman–Crippen LogP) is 4.53. The molecule has 1 aromatic heterocycles. The number of aromatic nitrogens is 2.